The zero-order valence-corrected chi connectivity index (χ0v) is 32.4. The molecule has 1 rings (SSSR count). The largest absolute Gasteiger partial charge is 0.481 e. The number of aliphatic hydroxyl groups excluding tert-OH is 1. The summed E-state index contributed by atoms with van der Waals surface area (Å²) in [5, 5.41) is 34.3. The first kappa shape index (κ1) is 45.0. The van der Waals surface area contributed by atoms with Gasteiger partial charge in [-0.15, -0.1) is 0 Å². The fourth-order valence-corrected chi connectivity index (χ4v) is 6.19. The number of carboxylic acids is 1. The number of aliphatic carboxylic acids is 1. The van der Waals surface area contributed by atoms with Gasteiger partial charge in [-0.25, -0.2) is 4.79 Å². The molecule has 0 radical (unpaired) electrons. The number of rotatable bonds is 19. The average Bonchev–Trinajstić information content (AvgIpc) is 2.98. The van der Waals surface area contributed by atoms with E-state index in [0.29, 0.717) is 37.9 Å². The van der Waals surface area contributed by atoms with Crippen LogP contribution >= 0.6 is 11.8 Å². The van der Waals surface area contributed by atoms with Crippen molar-refractivity contribution in [2.24, 2.45) is 23.7 Å². The van der Waals surface area contributed by atoms with E-state index in [9.17, 15) is 39.0 Å². The number of amides is 5. The third-order valence-corrected chi connectivity index (χ3v) is 9.11. The van der Waals surface area contributed by atoms with Crippen LogP contribution in [-0.2, 0) is 28.7 Å². The zero-order valence-electron chi connectivity index (χ0n) is 31.6. The molecule has 5 amide bonds. The first-order valence-electron chi connectivity index (χ1n) is 17.7. The number of alkyl carbamates (subject to hydrolysis) is 1. The Balaban J connectivity index is 2.98. The number of hydrogen-bond donors (Lipinski definition) is 7. The topological polar surface area (TPSA) is 212 Å². The van der Waals surface area contributed by atoms with Crippen molar-refractivity contribution in [2.45, 2.75) is 149 Å². The quantitative estimate of drug-likeness (QED) is 0.103. The van der Waals surface area contributed by atoms with Crippen LogP contribution in [0, 0.1) is 23.7 Å². The molecule has 0 spiro atoms. The van der Waals surface area contributed by atoms with Gasteiger partial charge in [0.1, 0.15) is 23.7 Å². The molecule has 1 aliphatic carbocycles. The average molecular weight is 730 g/mol. The van der Waals surface area contributed by atoms with Crippen molar-refractivity contribution in [1.82, 2.24) is 26.6 Å². The van der Waals surface area contributed by atoms with Crippen LogP contribution in [0.5, 0.6) is 0 Å². The minimum absolute atomic E-state index is 0.0333. The van der Waals surface area contributed by atoms with E-state index < -0.39 is 71.6 Å². The second kappa shape index (κ2) is 21.3. The van der Waals surface area contributed by atoms with E-state index in [1.54, 1.807) is 48.5 Å². The van der Waals surface area contributed by atoms with Crippen LogP contribution in [0.15, 0.2) is 0 Å². The smallest absolute Gasteiger partial charge is 0.408 e. The predicted octanol–water partition coefficient (Wildman–Crippen LogP) is 2.96. The maximum absolute atomic E-state index is 13.6. The van der Waals surface area contributed by atoms with E-state index in [4.69, 9.17) is 4.74 Å². The van der Waals surface area contributed by atoms with Gasteiger partial charge >= 0.3 is 12.1 Å². The summed E-state index contributed by atoms with van der Waals surface area (Å²) in [5.41, 5.74) is -0.766. The number of aliphatic hydroxyl groups is 1. The number of carboxylic acid groups (broad SMARTS) is 1. The molecule has 0 bridgehead atoms. The van der Waals surface area contributed by atoms with Gasteiger partial charge in [-0.1, -0.05) is 41.5 Å². The lowest BCUT2D eigenvalue weighted by Gasteiger charge is -2.31. The third-order valence-electron chi connectivity index (χ3n) is 8.47. The highest BCUT2D eigenvalue weighted by Crippen LogP contribution is 2.24. The van der Waals surface area contributed by atoms with Crippen LogP contribution in [0.4, 0.5) is 4.79 Å². The first-order chi connectivity index (χ1) is 23.1. The lowest BCUT2D eigenvalue weighted by molar-refractivity contribution is -0.143. The monoisotopic (exact) mass is 729 g/mol. The van der Waals surface area contributed by atoms with Crippen molar-refractivity contribution >= 4 is 47.5 Å². The Hall–Kier alpha value is -3.07. The highest BCUT2D eigenvalue weighted by molar-refractivity contribution is 7.98. The van der Waals surface area contributed by atoms with Crippen molar-refractivity contribution in [2.75, 3.05) is 12.0 Å². The number of carbonyl (C=O) groups excluding carboxylic acids is 5. The summed E-state index contributed by atoms with van der Waals surface area (Å²) in [6, 6.07) is -3.85. The number of hydrogen-bond acceptors (Lipinski definition) is 9. The number of ether oxygens (including phenoxy) is 1. The van der Waals surface area contributed by atoms with E-state index in [2.05, 4.69) is 26.6 Å². The fourth-order valence-electron chi connectivity index (χ4n) is 5.71. The Labute approximate surface area is 302 Å². The van der Waals surface area contributed by atoms with E-state index in [0.717, 1.165) is 0 Å². The molecule has 15 heteroatoms. The molecule has 0 aliphatic heterocycles. The molecule has 1 fully saturated rings. The van der Waals surface area contributed by atoms with E-state index >= 15 is 0 Å². The Bertz CT molecular complexity index is 1140. The molecule has 0 saturated heterocycles. The highest BCUT2D eigenvalue weighted by Gasteiger charge is 2.34. The van der Waals surface area contributed by atoms with Crippen LogP contribution in [0.3, 0.4) is 0 Å². The summed E-state index contributed by atoms with van der Waals surface area (Å²) in [6.07, 6.45) is 2.07. The molecule has 288 valence electrons. The molecule has 0 aromatic carbocycles. The summed E-state index contributed by atoms with van der Waals surface area (Å²) >= 11 is 1.49. The predicted molar refractivity (Wildman–Crippen MR) is 193 cm³/mol. The third kappa shape index (κ3) is 16.8. The van der Waals surface area contributed by atoms with Crippen molar-refractivity contribution in [3.8, 4) is 0 Å². The van der Waals surface area contributed by atoms with Gasteiger partial charge in [0.15, 0.2) is 0 Å². The van der Waals surface area contributed by atoms with Gasteiger partial charge in [-0.2, -0.15) is 11.8 Å². The zero-order chi connectivity index (χ0) is 38.3. The molecule has 0 aromatic rings. The second-order valence-electron chi connectivity index (χ2n) is 15.4. The van der Waals surface area contributed by atoms with Crippen LogP contribution < -0.4 is 26.6 Å². The Morgan fingerprint density at radius 2 is 1.36 bits per heavy atom. The summed E-state index contributed by atoms with van der Waals surface area (Å²) in [4.78, 5) is 77.0. The second-order valence-corrected chi connectivity index (χ2v) is 16.4. The van der Waals surface area contributed by atoms with Gasteiger partial charge in [0.05, 0.1) is 24.5 Å². The molecule has 1 aliphatic rings. The molecule has 5 unspecified atom stereocenters. The summed E-state index contributed by atoms with van der Waals surface area (Å²) in [7, 11) is 0. The molecule has 50 heavy (non-hydrogen) atoms. The molecular weight excluding hydrogens is 666 g/mol. The number of nitrogens with one attached hydrogen (secondary N) is 5. The molecular formula is C35H63N5O9S. The van der Waals surface area contributed by atoms with Gasteiger partial charge in [0, 0.05) is 6.04 Å². The number of carbonyl (C=O) groups is 6. The minimum Gasteiger partial charge on any atom is -0.481 e. The molecule has 5 atom stereocenters. The molecule has 1 saturated carbocycles. The van der Waals surface area contributed by atoms with Crippen molar-refractivity contribution in [1.29, 1.82) is 0 Å². The summed E-state index contributed by atoms with van der Waals surface area (Å²) in [6.45, 7) is 16.1. The van der Waals surface area contributed by atoms with Gasteiger partial charge in [0.25, 0.3) is 0 Å². The highest BCUT2D eigenvalue weighted by atomic mass is 32.2. The number of thioether (sulfide) groups is 1. The van der Waals surface area contributed by atoms with Gasteiger partial charge in [0.2, 0.25) is 23.6 Å². The molecule has 0 aromatic heterocycles. The Morgan fingerprint density at radius 3 is 1.84 bits per heavy atom. The molecule has 0 heterocycles. The maximum Gasteiger partial charge on any atom is 0.408 e. The summed E-state index contributed by atoms with van der Waals surface area (Å²) in [5.74, 6) is -3.28. The lowest BCUT2D eigenvalue weighted by Crippen LogP contribution is -2.58. The van der Waals surface area contributed by atoms with Crippen LogP contribution in [0.1, 0.15) is 107 Å². The fraction of sp³-hybridized carbons (Fsp3) is 0.829. The SMILES string of the molecule is CSCCC(NC(=O)C(NC(=O)OC(C)(C)C)C(C)C)C(=O)NC(CC(C)C)C(O)CC(=O)NC(C(=O)NC1CCC(C(=O)O)CC1)C(C)C. The van der Waals surface area contributed by atoms with Gasteiger partial charge in [-0.05, 0) is 89.1 Å². The van der Waals surface area contributed by atoms with E-state index in [1.807, 2.05) is 20.1 Å². The summed E-state index contributed by atoms with van der Waals surface area (Å²) < 4.78 is 5.31. The van der Waals surface area contributed by atoms with Crippen LogP contribution in [0.25, 0.3) is 0 Å². The first-order valence-corrected chi connectivity index (χ1v) is 19.1. The van der Waals surface area contributed by atoms with Crippen LogP contribution in [-0.4, -0.2) is 99.8 Å². The standard InChI is InChI=1S/C35H63N5O9S/c1-19(2)17-25(26(41)18-27(42)39-28(20(3)4)31(44)36-23-13-11-22(12-14-23)33(46)47)38-30(43)24(15-16-50-10)37-32(45)29(21(5)6)40-34(48)49-35(7,8)9/h19-26,28-29,41H,11-18H2,1-10H3,(H,36,44)(H,37,45)(H,38,43)(H,39,42)(H,40,48)(H,46,47). The van der Waals surface area contributed by atoms with E-state index in [1.165, 1.54) is 11.8 Å². The van der Waals surface area contributed by atoms with Gasteiger partial charge < -0.3 is 41.5 Å². The van der Waals surface area contributed by atoms with Crippen LogP contribution in [0.2, 0.25) is 0 Å². The molecule has 14 nitrogen and oxygen atoms in total. The van der Waals surface area contributed by atoms with Crippen molar-refractivity contribution < 1.29 is 43.7 Å². The van der Waals surface area contributed by atoms with Crippen molar-refractivity contribution in [3.63, 3.8) is 0 Å². The normalized spacial score (nSPS) is 19.5. The lowest BCUT2D eigenvalue weighted by atomic mass is 9.86. The van der Waals surface area contributed by atoms with E-state index in [-0.39, 0.29) is 42.5 Å². The maximum atomic E-state index is 13.6. The minimum atomic E-state index is -1.29. The van der Waals surface area contributed by atoms with Crippen molar-refractivity contribution in [3.05, 3.63) is 0 Å². The van der Waals surface area contributed by atoms with Gasteiger partial charge in [-0.3, -0.25) is 24.0 Å². The Kier molecular flexibility index (Phi) is 19.2. The Morgan fingerprint density at radius 1 is 0.800 bits per heavy atom. The molecule has 7 N–H and O–H groups in total.